The molecule has 0 aromatic heterocycles. The van der Waals surface area contributed by atoms with Crippen molar-refractivity contribution in [2.45, 2.75) is 52.1 Å². The minimum Gasteiger partial charge on any atom is -0.340 e. The van der Waals surface area contributed by atoms with E-state index in [1.165, 1.54) is 0 Å². The van der Waals surface area contributed by atoms with E-state index in [4.69, 9.17) is 0 Å². The van der Waals surface area contributed by atoms with Crippen molar-refractivity contribution in [3.05, 3.63) is 35.9 Å². The number of amides is 4. The maximum atomic E-state index is 13.1. The Morgan fingerprint density at radius 3 is 2.52 bits per heavy atom. The zero-order chi connectivity index (χ0) is 19.8. The molecule has 1 saturated heterocycles. The molecule has 2 fully saturated rings. The highest BCUT2D eigenvalue weighted by atomic mass is 16.2. The van der Waals surface area contributed by atoms with Crippen LogP contribution in [0.15, 0.2) is 30.3 Å². The summed E-state index contributed by atoms with van der Waals surface area (Å²) < 4.78 is 0. The predicted octanol–water partition coefficient (Wildman–Crippen LogP) is 2.78. The van der Waals surface area contributed by atoms with Gasteiger partial charge >= 0.3 is 6.03 Å². The molecule has 1 heterocycles. The maximum Gasteiger partial charge on any atom is 0.325 e. The molecule has 2 atom stereocenters. The summed E-state index contributed by atoms with van der Waals surface area (Å²) >= 11 is 0. The Labute approximate surface area is 160 Å². The fraction of sp³-hybridized carbons (Fsp3) is 0.571. The lowest BCUT2D eigenvalue weighted by molar-refractivity contribution is -0.140. The zero-order valence-electron chi connectivity index (χ0n) is 16.6. The summed E-state index contributed by atoms with van der Waals surface area (Å²) in [6.07, 6.45) is 2.27. The van der Waals surface area contributed by atoms with Crippen molar-refractivity contribution >= 4 is 17.8 Å². The molecule has 6 nitrogen and oxygen atoms in total. The highest BCUT2D eigenvalue weighted by Crippen LogP contribution is 2.46. The van der Waals surface area contributed by atoms with Gasteiger partial charge in [0.05, 0.1) is 0 Å². The number of hydrogen-bond acceptors (Lipinski definition) is 3. The molecule has 27 heavy (non-hydrogen) atoms. The third-order valence-electron chi connectivity index (χ3n) is 5.61. The van der Waals surface area contributed by atoms with Crippen molar-refractivity contribution in [1.29, 1.82) is 0 Å². The second kappa shape index (κ2) is 6.98. The van der Waals surface area contributed by atoms with E-state index < -0.39 is 11.6 Å². The molecule has 2 unspecified atom stereocenters. The van der Waals surface area contributed by atoms with Gasteiger partial charge in [0.15, 0.2) is 0 Å². The van der Waals surface area contributed by atoms with Crippen LogP contribution in [0.2, 0.25) is 0 Å². The molecule has 146 valence electrons. The van der Waals surface area contributed by atoms with E-state index in [1.807, 2.05) is 30.3 Å². The van der Waals surface area contributed by atoms with Gasteiger partial charge in [0.1, 0.15) is 12.1 Å². The van der Waals surface area contributed by atoms with Crippen LogP contribution in [0.3, 0.4) is 0 Å². The van der Waals surface area contributed by atoms with Gasteiger partial charge in [-0.1, -0.05) is 51.1 Å². The number of hydrogen-bond donors (Lipinski definition) is 1. The van der Waals surface area contributed by atoms with Crippen LogP contribution in [0.1, 0.15) is 45.6 Å². The Hall–Kier alpha value is -2.37. The van der Waals surface area contributed by atoms with E-state index in [0.29, 0.717) is 25.3 Å². The van der Waals surface area contributed by atoms with Gasteiger partial charge in [-0.25, -0.2) is 4.79 Å². The van der Waals surface area contributed by atoms with Gasteiger partial charge in [0.2, 0.25) is 5.91 Å². The fourth-order valence-electron chi connectivity index (χ4n) is 4.85. The van der Waals surface area contributed by atoms with E-state index in [1.54, 1.807) is 11.9 Å². The summed E-state index contributed by atoms with van der Waals surface area (Å²) in [5.74, 6) is -0.162. The molecular formula is C21H29N3O3. The summed E-state index contributed by atoms with van der Waals surface area (Å²) in [6, 6.07) is 9.19. The number of likely N-dealkylation sites (N-methyl/N-ethyl adjacent to an activating group) is 1. The number of carbonyl (C=O) groups excluding carboxylic acids is 3. The van der Waals surface area contributed by atoms with E-state index in [9.17, 15) is 14.4 Å². The molecule has 1 aromatic carbocycles. The van der Waals surface area contributed by atoms with Crippen LogP contribution in [0, 0.1) is 11.3 Å². The summed E-state index contributed by atoms with van der Waals surface area (Å²) in [5.41, 5.74) is 0.117. The zero-order valence-corrected chi connectivity index (χ0v) is 16.6. The lowest BCUT2D eigenvalue weighted by atomic mass is 9.64. The SMILES string of the molecule is CC1CC(C)(C)CC2(C1)NC(=O)N(CC(=O)N(C)Cc1ccccc1)C2=O. The maximum absolute atomic E-state index is 13.1. The number of nitrogens with zero attached hydrogens (tertiary/aromatic N) is 2. The Morgan fingerprint density at radius 2 is 1.89 bits per heavy atom. The van der Waals surface area contributed by atoms with Crippen LogP contribution in [0.5, 0.6) is 0 Å². The van der Waals surface area contributed by atoms with Gasteiger partial charge < -0.3 is 10.2 Å². The van der Waals surface area contributed by atoms with E-state index in [-0.39, 0.29) is 23.8 Å². The van der Waals surface area contributed by atoms with Gasteiger partial charge in [-0.3, -0.25) is 14.5 Å². The molecule has 3 rings (SSSR count). The molecule has 1 aliphatic heterocycles. The standard InChI is InChI=1S/C21H29N3O3/c1-15-10-20(2,3)14-21(11-15)18(26)24(19(27)22-21)13-17(25)23(4)12-16-8-6-5-7-9-16/h5-9,15H,10-14H2,1-4H3,(H,22,27). The quantitative estimate of drug-likeness (QED) is 0.828. The van der Waals surface area contributed by atoms with Crippen LogP contribution in [0.4, 0.5) is 4.79 Å². The molecule has 1 aliphatic carbocycles. The van der Waals surface area contributed by atoms with E-state index in [0.717, 1.165) is 16.9 Å². The second-order valence-electron chi connectivity index (χ2n) is 8.99. The van der Waals surface area contributed by atoms with Gasteiger partial charge in [-0.05, 0) is 36.2 Å². The minimum absolute atomic E-state index is 0.0231. The topological polar surface area (TPSA) is 69.7 Å². The number of rotatable bonds is 4. The predicted molar refractivity (Wildman–Crippen MR) is 103 cm³/mol. The first-order valence-electron chi connectivity index (χ1n) is 9.54. The molecule has 1 N–H and O–H groups in total. The molecule has 1 saturated carbocycles. The first-order valence-corrected chi connectivity index (χ1v) is 9.54. The highest BCUT2D eigenvalue weighted by molar-refractivity contribution is 6.09. The van der Waals surface area contributed by atoms with Crippen molar-refractivity contribution in [2.24, 2.45) is 11.3 Å². The molecule has 1 aromatic rings. The first kappa shape index (κ1) is 19.4. The van der Waals surface area contributed by atoms with Crippen LogP contribution < -0.4 is 5.32 Å². The lowest BCUT2D eigenvalue weighted by Crippen LogP contribution is -2.54. The van der Waals surface area contributed by atoms with Crippen molar-refractivity contribution in [3.8, 4) is 0 Å². The average Bonchev–Trinajstić information content (AvgIpc) is 2.77. The third kappa shape index (κ3) is 3.99. The summed E-state index contributed by atoms with van der Waals surface area (Å²) in [6.45, 7) is 6.60. The Kier molecular flexibility index (Phi) is 5.02. The highest BCUT2D eigenvalue weighted by Gasteiger charge is 2.56. The van der Waals surface area contributed by atoms with Gasteiger partial charge in [-0.15, -0.1) is 0 Å². The first-order chi connectivity index (χ1) is 12.6. The van der Waals surface area contributed by atoms with Crippen molar-refractivity contribution in [1.82, 2.24) is 15.1 Å². The van der Waals surface area contributed by atoms with Gasteiger partial charge in [0, 0.05) is 13.6 Å². The van der Waals surface area contributed by atoms with Crippen molar-refractivity contribution in [3.63, 3.8) is 0 Å². The number of carbonyl (C=O) groups is 3. The number of benzene rings is 1. The van der Waals surface area contributed by atoms with Crippen LogP contribution >= 0.6 is 0 Å². The molecule has 0 radical (unpaired) electrons. The molecule has 2 aliphatic rings. The van der Waals surface area contributed by atoms with Gasteiger partial charge in [-0.2, -0.15) is 0 Å². The Morgan fingerprint density at radius 1 is 1.22 bits per heavy atom. The van der Waals surface area contributed by atoms with Crippen LogP contribution in [-0.2, 0) is 16.1 Å². The van der Waals surface area contributed by atoms with Gasteiger partial charge in [0.25, 0.3) is 5.91 Å². The Bertz CT molecular complexity index is 746. The number of urea groups is 1. The van der Waals surface area contributed by atoms with Crippen LogP contribution in [-0.4, -0.2) is 46.8 Å². The van der Waals surface area contributed by atoms with Crippen molar-refractivity contribution < 1.29 is 14.4 Å². The summed E-state index contributed by atoms with van der Waals surface area (Å²) in [4.78, 5) is 40.9. The van der Waals surface area contributed by atoms with E-state index >= 15 is 0 Å². The minimum atomic E-state index is -0.865. The molecule has 0 bridgehead atoms. The lowest BCUT2D eigenvalue weighted by Gasteiger charge is -2.43. The monoisotopic (exact) mass is 371 g/mol. The number of nitrogens with one attached hydrogen (secondary N) is 1. The van der Waals surface area contributed by atoms with E-state index in [2.05, 4.69) is 26.1 Å². The van der Waals surface area contributed by atoms with Crippen molar-refractivity contribution in [2.75, 3.05) is 13.6 Å². The molecular weight excluding hydrogens is 342 g/mol. The summed E-state index contributed by atoms with van der Waals surface area (Å²) in [7, 11) is 1.69. The largest absolute Gasteiger partial charge is 0.340 e. The smallest absolute Gasteiger partial charge is 0.325 e. The third-order valence-corrected chi connectivity index (χ3v) is 5.61. The molecule has 1 spiro atoms. The average molecular weight is 371 g/mol. The normalized spacial score (nSPS) is 27.0. The number of imide groups is 1. The second-order valence-corrected chi connectivity index (χ2v) is 8.99. The summed E-state index contributed by atoms with van der Waals surface area (Å²) in [5, 5.41) is 2.92. The molecule has 4 amide bonds. The van der Waals surface area contributed by atoms with Crippen LogP contribution in [0.25, 0.3) is 0 Å². The molecule has 6 heteroatoms. The Balaban J connectivity index is 1.69. The fourth-order valence-corrected chi connectivity index (χ4v) is 4.85.